The molecule has 1 N–H and O–H groups in total. The summed E-state index contributed by atoms with van der Waals surface area (Å²) in [5.41, 5.74) is -0.349. The second-order valence-electron chi connectivity index (χ2n) is 5.30. The maximum atomic E-state index is 12.4. The molecule has 1 aromatic rings. The lowest BCUT2D eigenvalue weighted by Gasteiger charge is -2.18. The third kappa shape index (κ3) is 7.42. The van der Waals surface area contributed by atoms with Gasteiger partial charge < -0.3 is 19.5 Å². The number of carbonyl (C=O) groups is 2. The van der Waals surface area contributed by atoms with Gasteiger partial charge in [0.1, 0.15) is 11.8 Å². The largest absolute Gasteiger partial charge is 0.573 e. The maximum absolute atomic E-state index is 12.4. The molecule has 0 unspecified atom stereocenters. The van der Waals surface area contributed by atoms with Gasteiger partial charge in [0.05, 0.1) is 18.8 Å². The van der Waals surface area contributed by atoms with Gasteiger partial charge in [-0.25, -0.2) is 4.79 Å². The van der Waals surface area contributed by atoms with Crippen LogP contribution in [-0.4, -0.2) is 44.1 Å². The van der Waals surface area contributed by atoms with Crippen molar-refractivity contribution in [3.63, 3.8) is 0 Å². The zero-order valence-electron chi connectivity index (χ0n) is 14.1. The monoisotopic (exact) mass is 363 g/mol. The molecule has 9 heteroatoms. The lowest BCUT2D eigenvalue weighted by atomic mass is 10.1. The summed E-state index contributed by atoms with van der Waals surface area (Å²) in [7, 11) is 1.14. The van der Waals surface area contributed by atoms with E-state index in [1.807, 2.05) is 0 Å². The number of rotatable bonds is 8. The predicted octanol–water partition coefficient (Wildman–Crippen LogP) is 2.67. The molecule has 25 heavy (non-hydrogen) atoms. The van der Waals surface area contributed by atoms with Crippen molar-refractivity contribution in [1.29, 1.82) is 0 Å². The normalized spacial score (nSPS) is 12.6. The molecule has 1 rings (SSSR count). The van der Waals surface area contributed by atoms with Crippen LogP contribution in [0.5, 0.6) is 5.75 Å². The zero-order valence-corrected chi connectivity index (χ0v) is 14.1. The SMILES string of the molecule is COC(=O)[C@@H](CCOC(C)C)NC(=O)c1ccccc1OC(F)(F)F. The van der Waals surface area contributed by atoms with Gasteiger partial charge in [0.25, 0.3) is 5.91 Å². The van der Waals surface area contributed by atoms with Gasteiger partial charge >= 0.3 is 12.3 Å². The molecule has 0 saturated heterocycles. The standard InChI is InChI=1S/C16H20F3NO5/c1-10(2)24-9-8-12(15(22)23-3)20-14(21)11-6-4-5-7-13(11)25-16(17,18)19/h4-7,10,12H,8-9H2,1-3H3,(H,20,21)/t12-/m1/s1. The molecule has 0 saturated carbocycles. The first-order chi connectivity index (χ1) is 11.6. The number of benzene rings is 1. The number of amides is 1. The summed E-state index contributed by atoms with van der Waals surface area (Å²) in [4.78, 5) is 24.0. The molecule has 0 bridgehead atoms. The van der Waals surface area contributed by atoms with Gasteiger partial charge in [0.15, 0.2) is 0 Å². The Hall–Kier alpha value is -2.29. The Kier molecular flexibility index (Phi) is 7.69. The summed E-state index contributed by atoms with van der Waals surface area (Å²) >= 11 is 0. The molecular formula is C16H20F3NO5. The van der Waals surface area contributed by atoms with Gasteiger partial charge in [-0.05, 0) is 26.0 Å². The molecule has 0 aromatic heterocycles. The van der Waals surface area contributed by atoms with Crippen molar-refractivity contribution in [1.82, 2.24) is 5.32 Å². The van der Waals surface area contributed by atoms with Gasteiger partial charge in [-0.2, -0.15) is 0 Å². The summed E-state index contributed by atoms with van der Waals surface area (Å²) in [6.45, 7) is 3.77. The van der Waals surface area contributed by atoms with E-state index in [9.17, 15) is 22.8 Å². The first-order valence-electron chi connectivity index (χ1n) is 7.49. The number of carbonyl (C=O) groups excluding carboxylic acids is 2. The third-order valence-corrected chi connectivity index (χ3v) is 3.01. The van der Waals surface area contributed by atoms with Crippen LogP contribution in [0.1, 0.15) is 30.6 Å². The van der Waals surface area contributed by atoms with Crippen molar-refractivity contribution in [2.24, 2.45) is 0 Å². The fourth-order valence-corrected chi connectivity index (χ4v) is 1.92. The first-order valence-corrected chi connectivity index (χ1v) is 7.49. The van der Waals surface area contributed by atoms with E-state index in [0.29, 0.717) is 0 Å². The number of para-hydroxylation sites is 1. The number of nitrogens with one attached hydrogen (secondary N) is 1. The molecule has 1 aromatic carbocycles. The number of methoxy groups -OCH3 is 1. The number of halogens is 3. The van der Waals surface area contributed by atoms with Crippen LogP contribution < -0.4 is 10.1 Å². The summed E-state index contributed by atoms with van der Waals surface area (Å²) in [6, 6.07) is 3.79. The van der Waals surface area contributed by atoms with Crippen LogP contribution in [0.15, 0.2) is 24.3 Å². The van der Waals surface area contributed by atoms with Gasteiger partial charge in [-0.3, -0.25) is 4.79 Å². The minimum Gasteiger partial charge on any atom is -0.467 e. The molecule has 0 spiro atoms. The highest BCUT2D eigenvalue weighted by atomic mass is 19.4. The van der Waals surface area contributed by atoms with E-state index in [-0.39, 0.29) is 24.7 Å². The van der Waals surface area contributed by atoms with Crippen molar-refractivity contribution in [2.75, 3.05) is 13.7 Å². The summed E-state index contributed by atoms with van der Waals surface area (Å²) in [5.74, 6) is -2.27. The second-order valence-corrected chi connectivity index (χ2v) is 5.30. The molecule has 0 fully saturated rings. The first kappa shape index (κ1) is 20.8. The molecule has 0 aliphatic rings. The molecule has 0 aliphatic carbocycles. The smallest absolute Gasteiger partial charge is 0.467 e. The molecule has 140 valence electrons. The van der Waals surface area contributed by atoms with Gasteiger partial charge in [0.2, 0.25) is 0 Å². The maximum Gasteiger partial charge on any atom is 0.573 e. The quantitative estimate of drug-likeness (QED) is 0.719. The average Bonchev–Trinajstić information content (AvgIpc) is 2.51. The van der Waals surface area contributed by atoms with E-state index in [1.54, 1.807) is 13.8 Å². The Morgan fingerprint density at radius 1 is 1.20 bits per heavy atom. The second kappa shape index (κ2) is 9.26. The minimum atomic E-state index is -4.94. The Bertz CT molecular complexity index is 589. The van der Waals surface area contributed by atoms with Crippen molar-refractivity contribution in [3.05, 3.63) is 29.8 Å². The van der Waals surface area contributed by atoms with Crippen LogP contribution in [-0.2, 0) is 14.3 Å². The molecule has 6 nitrogen and oxygen atoms in total. The van der Waals surface area contributed by atoms with Crippen LogP contribution in [0.2, 0.25) is 0 Å². The van der Waals surface area contributed by atoms with E-state index in [4.69, 9.17) is 4.74 Å². The van der Waals surface area contributed by atoms with Crippen LogP contribution in [0.3, 0.4) is 0 Å². The Labute approximate surface area is 143 Å². The number of esters is 1. The number of hydrogen-bond donors (Lipinski definition) is 1. The molecule has 0 heterocycles. The Morgan fingerprint density at radius 3 is 2.40 bits per heavy atom. The molecule has 0 radical (unpaired) electrons. The third-order valence-electron chi connectivity index (χ3n) is 3.01. The lowest BCUT2D eigenvalue weighted by molar-refractivity contribution is -0.274. The van der Waals surface area contributed by atoms with Gasteiger partial charge in [0, 0.05) is 13.0 Å². The highest BCUT2D eigenvalue weighted by Gasteiger charge is 2.33. The molecular weight excluding hydrogens is 343 g/mol. The summed E-state index contributed by atoms with van der Waals surface area (Å²) in [6.07, 6.45) is -4.91. The summed E-state index contributed by atoms with van der Waals surface area (Å²) < 4.78 is 51.0. The minimum absolute atomic E-state index is 0.0742. The fourth-order valence-electron chi connectivity index (χ4n) is 1.92. The van der Waals surface area contributed by atoms with Gasteiger partial charge in [-0.1, -0.05) is 12.1 Å². The van der Waals surface area contributed by atoms with Crippen molar-refractivity contribution in [2.45, 2.75) is 38.8 Å². The van der Waals surface area contributed by atoms with Gasteiger partial charge in [-0.15, -0.1) is 13.2 Å². The molecule has 1 amide bonds. The molecule has 0 aliphatic heterocycles. The van der Waals surface area contributed by atoms with Crippen LogP contribution in [0.4, 0.5) is 13.2 Å². The van der Waals surface area contributed by atoms with Crippen molar-refractivity contribution < 1.29 is 37.0 Å². The van der Waals surface area contributed by atoms with Crippen molar-refractivity contribution >= 4 is 11.9 Å². The fraction of sp³-hybridized carbons (Fsp3) is 0.500. The van der Waals surface area contributed by atoms with Crippen LogP contribution >= 0.6 is 0 Å². The van der Waals surface area contributed by atoms with Crippen LogP contribution in [0, 0.1) is 0 Å². The van der Waals surface area contributed by atoms with Crippen LogP contribution in [0.25, 0.3) is 0 Å². The average molecular weight is 363 g/mol. The van der Waals surface area contributed by atoms with Crippen molar-refractivity contribution in [3.8, 4) is 5.75 Å². The highest BCUT2D eigenvalue weighted by Crippen LogP contribution is 2.26. The number of alkyl halides is 3. The Morgan fingerprint density at radius 2 is 1.84 bits per heavy atom. The van der Waals surface area contributed by atoms with E-state index < -0.39 is 30.0 Å². The van der Waals surface area contributed by atoms with E-state index in [2.05, 4.69) is 14.8 Å². The Balaban J connectivity index is 2.87. The summed E-state index contributed by atoms with van der Waals surface area (Å²) in [5, 5.41) is 2.34. The van der Waals surface area contributed by atoms with E-state index in [1.165, 1.54) is 12.1 Å². The number of ether oxygens (including phenoxy) is 3. The number of hydrogen-bond acceptors (Lipinski definition) is 5. The van der Waals surface area contributed by atoms with E-state index >= 15 is 0 Å². The highest BCUT2D eigenvalue weighted by molar-refractivity contribution is 5.99. The zero-order chi connectivity index (χ0) is 19.0. The lowest BCUT2D eigenvalue weighted by Crippen LogP contribution is -2.42. The predicted molar refractivity (Wildman–Crippen MR) is 82.1 cm³/mol. The topological polar surface area (TPSA) is 73.9 Å². The molecule has 1 atom stereocenters. The van der Waals surface area contributed by atoms with E-state index in [0.717, 1.165) is 19.2 Å².